The molecule has 0 saturated heterocycles. The Morgan fingerprint density at radius 2 is 2.11 bits per heavy atom. The molecule has 0 aliphatic heterocycles. The Labute approximate surface area is 112 Å². The molecule has 0 amide bonds. The van der Waals surface area contributed by atoms with E-state index < -0.39 is 5.60 Å². The van der Waals surface area contributed by atoms with Crippen LogP contribution in [0.25, 0.3) is 10.9 Å². The van der Waals surface area contributed by atoms with Gasteiger partial charge < -0.3 is 14.4 Å². The fourth-order valence-corrected chi connectivity index (χ4v) is 2.43. The molecule has 2 rings (SSSR count). The van der Waals surface area contributed by atoms with Gasteiger partial charge in [0.25, 0.3) is 0 Å². The van der Waals surface area contributed by atoms with Crippen LogP contribution in [0, 0.1) is 6.92 Å². The number of hydrogen-bond acceptors (Lipinski definition) is 3. The smallest absolute Gasteiger partial charge is 0.303 e. The van der Waals surface area contributed by atoms with E-state index >= 15 is 0 Å². The average Bonchev–Trinajstić information content (AvgIpc) is 2.58. The maximum absolute atomic E-state index is 11.1. The Balaban J connectivity index is 2.39. The third-order valence-corrected chi connectivity index (χ3v) is 3.05. The van der Waals surface area contributed by atoms with Gasteiger partial charge in [0.2, 0.25) is 0 Å². The summed E-state index contributed by atoms with van der Waals surface area (Å²) in [5.41, 5.74) is 1.38. The van der Waals surface area contributed by atoms with Gasteiger partial charge in [0.1, 0.15) is 11.4 Å². The third-order valence-electron chi connectivity index (χ3n) is 3.05. The molecule has 19 heavy (non-hydrogen) atoms. The molecule has 1 heterocycles. The van der Waals surface area contributed by atoms with Crippen LogP contribution in [0.4, 0.5) is 0 Å². The Hall–Kier alpha value is -1.97. The standard InChI is InChI=1S/C15H19NO3/c1-10-7-12(18)8-14-13(10)5-6-16(14)9-15(3,4)19-11(2)17/h5-8,18H,9H2,1-4H3. The van der Waals surface area contributed by atoms with Crippen LogP contribution in [0.1, 0.15) is 26.3 Å². The molecule has 4 nitrogen and oxygen atoms in total. The average molecular weight is 261 g/mol. The summed E-state index contributed by atoms with van der Waals surface area (Å²) < 4.78 is 7.29. The van der Waals surface area contributed by atoms with Crippen LogP contribution >= 0.6 is 0 Å². The first-order valence-corrected chi connectivity index (χ1v) is 6.26. The van der Waals surface area contributed by atoms with Crippen molar-refractivity contribution in [1.29, 1.82) is 0 Å². The highest BCUT2D eigenvalue weighted by molar-refractivity contribution is 5.85. The summed E-state index contributed by atoms with van der Waals surface area (Å²) in [6.45, 7) is 7.65. The van der Waals surface area contributed by atoms with Crippen LogP contribution in [0.2, 0.25) is 0 Å². The quantitative estimate of drug-likeness (QED) is 0.864. The number of aromatic hydroxyl groups is 1. The van der Waals surface area contributed by atoms with E-state index in [1.807, 2.05) is 37.6 Å². The van der Waals surface area contributed by atoms with Crippen molar-refractivity contribution in [3.05, 3.63) is 30.0 Å². The minimum Gasteiger partial charge on any atom is -0.508 e. The van der Waals surface area contributed by atoms with E-state index in [0.29, 0.717) is 6.54 Å². The zero-order valence-electron chi connectivity index (χ0n) is 11.7. The first-order chi connectivity index (χ1) is 8.78. The molecule has 102 valence electrons. The summed E-state index contributed by atoms with van der Waals surface area (Å²) in [7, 11) is 0. The Kier molecular flexibility index (Phi) is 3.27. The molecule has 0 spiro atoms. The normalized spacial score (nSPS) is 11.8. The number of nitrogens with zero attached hydrogens (tertiary/aromatic N) is 1. The number of aryl methyl sites for hydroxylation is 1. The van der Waals surface area contributed by atoms with Gasteiger partial charge in [-0.25, -0.2) is 0 Å². The fraction of sp³-hybridized carbons (Fsp3) is 0.400. The van der Waals surface area contributed by atoms with Crippen molar-refractivity contribution < 1.29 is 14.6 Å². The molecule has 1 aromatic heterocycles. The summed E-state index contributed by atoms with van der Waals surface area (Å²) in [5.74, 6) is -0.0456. The Morgan fingerprint density at radius 1 is 1.42 bits per heavy atom. The lowest BCUT2D eigenvalue weighted by Crippen LogP contribution is -2.32. The first-order valence-electron chi connectivity index (χ1n) is 6.26. The lowest BCUT2D eigenvalue weighted by molar-refractivity contribution is -0.154. The van der Waals surface area contributed by atoms with Crippen molar-refractivity contribution in [3.8, 4) is 5.75 Å². The van der Waals surface area contributed by atoms with Crippen molar-refractivity contribution in [1.82, 2.24) is 4.57 Å². The van der Waals surface area contributed by atoms with Crippen molar-refractivity contribution in [3.63, 3.8) is 0 Å². The second-order valence-corrected chi connectivity index (χ2v) is 5.49. The highest BCUT2D eigenvalue weighted by Crippen LogP contribution is 2.27. The van der Waals surface area contributed by atoms with Gasteiger partial charge in [-0.3, -0.25) is 4.79 Å². The number of rotatable bonds is 3. The lowest BCUT2D eigenvalue weighted by atomic mass is 10.1. The lowest BCUT2D eigenvalue weighted by Gasteiger charge is -2.25. The topological polar surface area (TPSA) is 51.5 Å². The number of aromatic nitrogens is 1. The number of ether oxygens (including phenoxy) is 1. The van der Waals surface area contributed by atoms with Gasteiger partial charge in [0, 0.05) is 24.6 Å². The summed E-state index contributed by atoms with van der Waals surface area (Å²) in [5, 5.41) is 10.8. The second-order valence-electron chi connectivity index (χ2n) is 5.49. The summed E-state index contributed by atoms with van der Waals surface area (Å²) in [6, 6.07) is 5.48. The molecule has 0 aliphatic rings. The third kappa shape index (κ3) is 2.89. The summed E-state index contributed by atoms with van der Waals surface area (Å²) in [6.07, 6.45) is 1.95. The van der Waals surface area contributed by atoms with E-state index in [4.69, 9.17) is 4.74 Å². The van der Waals surface area contributed by atoms with Gasteiger partial charge in [-0.05, 0) is 38.5 Å². The van der Waals surface area contributed by atoms with Gasteiger partial charge in [-0.1, -0.05) is 0 Å². The zero-order chi connectivity index (χ0) is 14.2. The van der Waals surface area contributed by atoms with Gasteiger partial charge in [-0.2, -0.15) is 0 Å². The largest absolute Gasteiger partial charge is 0.508 e. The zero-order valence-corrected chi connectivity index (χ0v) is 11.7. The van der Waals surface area contributed by atoms with E-state index in [0.717, 1.165) is 16.5 Å². The molecule has 1 aromatic carbocycles. The number of phenolic OH excluding ortho intramolecular Hbond substituents is 1. The maximum Gasteiger partial charge on any atom is 0.303 e. The van der Waals surface area contributed by atoms with Gasteiger partial charge in [0.15, 0.2) is 0 Å². The monoisotopic (exact) mass is 261 g/mol. The molecule has 0 atom stereocenters. The molecular weight excluding hydrogens is 242 g/mol. The number of hydrogen-bond donors (Lipinski definition) is 1. The molecule has 4 heteroatoms. The second kappa shape index (κ2) is 4.61. The molecule has 0 fully saturated rings. The number of fused-ring (bicyclic) bond motifs is 1. The van der Waals surface area contributed by atoms with E-state index in [1.165, 1.54) is 6.92 Å². The molecule has 1 N–H and O–H groups in total. The van der Waals surface area contributed by atoms with Gasteiger partial charge in [0.05, 0.1) is 12.1 Å². The molecule has 0 unspecified atom stereocenters. The fourth-order valence-electron chi connectivity index (χ4n) is 2.43. The highest BCUT2D eigenvalue weighted by Gasteiger charge is 2.22. The van der Waals surface area contributed by atoms with Crippen LogP contribution in [0.15, 0.2) is 24.4 Å². The Morgan fingerprint density at radius 3 is 2.74 bits per heavy atom. The summed E-state index contributed by atoms with van der Waals surface area (Å²) >= 11 is 0. The van der Waals surface area contributed by atoms with E-state index in [9.17, 15) is 9.90 Å². The number of phenols is 1. The van der Waals surface area contributed by atoms with Gasteiger partial charge in [-0.15, -0.1) is 0 Å². The molecule has 0 aliphatic carbocycles. The number of benzene rings is 1. The summed E-state index contributed by atoms with van der Waals surface area (Å²) in [4.78, 5) is 11.1. The van der Waals surface area contributed by atoms with E-state index in [1.54, 1.807) is 12.1 Å². The first kappa shape index (κ1) is 13.5. The highest BCUT2D eigenvalue weighted by atomic mass is 16.6. The molecule has 0 bridgehead atoms. The van der Waals surface area contributed by atoms with E-state index in [-0.39, 0.29) is 11.7 Å². The maximum atomic E-state index is 11.1. The molecule has 0 saturated carbocycles. The minimum absolute atomic E-state index is 0.246. The minimum atomic E-state index is -0.586. The predicted octanol–water partition coefficient (Wildman–Crippen LogP) is 3.00. The van der Waals surface area contributed by atoms with Crippen LogP contribution in [-0.2, 0) is 16.1 Å². The number of esters is 1. The van der Waals surface area contributed by atoms with Gasteiger partial charge >= 0.3 is 5.97 Å². The molecule has 0 radical (unpaired) electrons. The van der Waals surface area contributed by atoms with Crippen molar-refractivity contribution in [2.75, 3.05) is 0 Å². The van der Waals surface area contributed by atoms with E-state index in [2.05, 4.69) is 0 Å². The van der Waals surface area contributed by atoms with Crippen molar-refractivity contribution in [2.24, 2.45) is 0 Å². The van der Waals surface area contributed by atoms with Crippen LogP contribution in [0.5, 0.6) is 5.75 Å². The number of carbonyl (C=O) groups excluding carboxylic acids is 1. The van der Waals surface area contributed by atoms with Crippen LogP contribution < -0.4 is 0 Å². The molecular formula is C15H19NO3. The van der Waals surface area contributed by atoms with Crippen molar-refractivity contribution in [2.45, 2.75) is 39.8 Å². The Bertz CT molecular complexity index is 626. The van der Waals surface area contributed by atoms with Crippen LogP contribution in [-0.4, -0.2) is 21.2 Å². The predicted molar refractivity (Wildman–Crippen MR) is 74.2 cm³/mol. The molecule has 2 aromatic rings. The van der Waals surface area contributed by atoms with Crippen LogP contribution in [0.3, 0.4) is 0 Å². The number of carbonyl (C=O) groups is 1. The van der Waals surface area contributed by atoms with Crippen molar-refractivity contribution >= 4 is 16.9 Å². The SMILES string of the molecule is CC(=O)OC(C)(C)Cn1ccc2c(C)cc(O)cc21.